The molecule has 0 aromatic heterocycles. The third kappa shape index (κ3) is 3.71. The molecule has 0 fully saturated rings. The SMILES string of the molecule is COC(=O)C(=O)Nc1ccc(OC)c(C(C)(C)C)c1. The summed E-state index contributed by atoms with van der Waals surface area (Å²) in [4.78, 5) is 22.5. The van der Waals surface area contributed by atoms with E-state index < -0.39 is 11.9 Å². The molecule has 0 atom stereocenters. The smallest absolute Gasteiger partial charge is 0.396 e. The lowest BCUT2D eigenvalue weighted by Gasteiger charge is -2.22. The number of hydrogen-bond donors (Lipinski definition) is 1. The summed E-state index contributed by atoms with van der Waals surface area (Å²) >= 11 is 0. The summed E-state index contributed by atoms with van der Waals surface area (Å²) < 4.78 is 9.65. The van der Waals surface area contributed by atoms with Crippen LogP contribution >= 0.6 is 0 Å². The van der Waals surface area contributed by atoms with Crippen LogP contribution in [0.4, 0.5) is 5.69 Å². The van der Waals surface area contributed by atoms with Crippen molar-refractivity contribution in [2.24, 2.45) is 0 Å². The van der Waals surface area contributed by atoms with Gasteiger partial charge in [0.05, 0.1) is 14.2 Å². The second kappa shape index (κ2) is 5.73. The van der Waals surface area contributed by atoms with Crippen LogP contribution in [0.3, 0.4) is 0 Å². The van der Waals surface area contributed by atoms with E-state index in [9.17, 15) is 9.59 Å². The third-order valence-corrected chi connectivity index (χ3v) is 2.64. The molecule has 0 saturated carbocycles. The summed E-state index contributed by atoms with van der Waals surface area (Å²) in [6.07, 6.45) is 0. The molecule has 0 spiro atoms. The van der Waals surface area contributed by atoms with Gasteiger partial charge in [-0.25, -0.2) is 4.79 Å². The monoisotopic (exact) mass is 265 g/mol. The Balaban J connectivity index is 3.06. The first-order chi connectivity index (χ1) is 8.79. The Labute approximate surface area is 112 Å². The summed E-state index contributed by atoms with van der Waals surface area (Å²) in [6, 6.07) is 5.22. The van der Waals surface area contributed by atoms with Crippen molar-refractivity contribution in [2.75, 3.05) is 19.5 Å². The van der Waals surface area contributed by atoms with Gasteiger partial charge in [-0.1, -0.05) is 20.8 Å². The molecule has 5 heteroatoms. The predicted molar refractivity (Wildman–Crippen MR) is 72.3 cm³/mol. The molecule has 0 saturated heterocycles. The van der Waals surface area contributed by atoms with Crippen LogP contribution in [0.2, 0.25) is 0 Å². The summed E-state index contributed by atoms with van der Waals surface area (Å²) in [5.41, 5.74) is 1.33. The molecule has 19 heavy (non-hydrogen) atoms. The van der Waals surface area contributed by atoms with E-state index in [2.05, 4.69) is 10.1 Å². The number of esters is 1. The van der Waals surface area contributed by atoms with Crippen molar-refractivity contribution < 1.29 is 19.1 Å². The first kappa shape index (κ1) is 15.0. The molecule has 0 bridgehead atoms. The number of hydrogen-bond acceptors (Lipinski definition) is 4. The fraction of sp³-hybridized carbons (Fsp3) is 0.429. The van der Waals surface area contributed by atoms with Crippen molar-refractivity contribution in [3.05, 3.63) is 23.8 Å². The van der Waals surface area contributed by atoms with Crippen LogP contribution < -0.4 is 10.1 Å². The quantitative estimate of drug-likeness (QED) is 0.657. The minimum atomic E-state index is -0.923. The highest BCUT2D eigenvalue weighted by molar-refractivity contribution is 6.37. The molecule has 104 valence electrons. The van der Waals surface area contributed by atoms with Crippen LogP contribution in [-0.4, -0.2) is 26.1 Å². The molecule has 1 aromatic carbocycles. The molecule has 1 N–H and O–H groups in total. The number of rotatable bonds is 2. The zero-order valence-corrected chi connectivity index (χ0v) is 11.9. The Morgan fingerprint density at radius 1 is 1.16 bits per heavy atom. The van der Waals surface area contributed by atoms with Crippen molar-refractivity contribution in [3.63, 3.8) is 0 Å². The largest absolute Gasteiger partial charge is 0.496 e. The fourth-order valence-electron chi connectivity index (χ4n) is 1.65. The molecule has 0 unspecified atom stereocenters. The molecule has 1 rings (SSSR count). The van der Waals surface area contributed by atoms with Crippen LogP contribution in [0.1, 0.15) is 26.3 Å². The van der Waals surface area contributed by atoms with E-state index in [1.807, 2.05) is 20.8 Å². The Morgan fingerprint density at radius 2 is 1.79 bits per heavy atom. The number of anilines is 1. The minimum absolute atomic E-state index is 0.142. The van der Waals surface area contributed by atoms with Gasteiger partial charge < -0.3 is 14.8 Å². The van der Waals surface area contributed by atoms with Crippen LogP contribution in [0.15, 0.2) is 18.2 Å². The maximum absolute atomic E-state index is 11.4. The highest BCUT2D eigenvalue weighted by atomic mass is 16.5. The molecule has 0 aliphatic heterocycles. The standard InChI is InChI=1S/C14H19NO4/c1-14(2,3)10-8-9(6-7-11(10)18-4)15-12(16)13(17)19-5/h6-8H,1-5H3,(H,15,16). The van der Waals surface area contributed by atoms with Crippen molar-refractivity contribution in [1.29, 1.82) is 0 Å². The summed E-state index contributed by atoms with van der Waals surface area (Å²) in [6.45, 7) is 6.12. The van der Waals surface area contributed by atoms with Gasteiger partial charge in [-0.05, 0) is 23.6 Å². The normalized spacial score (nSPS) is 10.8. The van der Waals surface area contributed by atoms with Gasteiger partial charge >= 0.3 is 11.9 Å². The number of nitrogens with one attached hydrogen (secondary N) is 1. The molecular weight excluding hydrogens is 246 g/mol. The Hall–Kier alpha value is -2.04. The Morgan fingerprint density at radius 3 is 2.26 bits per heavy atom. The van der Waals surface area contributed by atoms with E-state index >= 15 is 0 Å². The molecule has 0 aliphatic carbocycles. The maximum Gasteiger partial charge on any atom is 0.396 e. The molecule has 1 aromatic rings. The zero-order valence-electron chi connectivity index (χ0n) is 11.9. The molecule has 0 heterocycles. The second-order valence-corrected chi connectivity index (χ2v) is 5.11. The number of carbonyl (C=O) groups is 2. The van der Waals surface area contributed by atoms with Crippen LogP contribution in [0.25, 0.3) is 0 Å². The van der Waals surface area contributed by atoms with E-state index in [1.165, 1.54) is 0 Å². The highest BCUT2D eigenvalue weighted by Gasteiger charge is 2.20. The summed E-state index contributed by atoms with van der Waals surface area (Å²) in [7, 11) is 2.76. The van der Waals surface area contributed by atoms with Crippen molar-refractivity contribution in [2.45, 2.75) is 26.2 Å². The molecular formula is C14H19NO4. The van der Waals surface area contributed by atoms with Crippen LogP contribution in [0, 0.1) is 0 Å². The minimum Gasteiger partial charge on any atom is -0.496 e. The zero-order chi connectivity index (χ0) is 14.6. The molecule has 1 amide bonds. The number of benzene rings is 1. The van der Waals surface area contributed by atoms with Gasteiger partial charge in [0.2, 0.25) is 0 Å². The number of methoxy groups -OCH3 is 2. The van der Waals surface area contributed by atoms with Gasteiger partial charge in [-0.3, -0.25) is 4.79 Å². The van der Waals surface area contributed by atoms with E-state index in [-0.39, 0.29) is 5.41 Å². The third-order valence-electron chi connectivity index (χ3n) is 2.64. The molecule has 5 nitrogen and oxygen atoms in total. The first-order valence-electron chi connectivity index (χ1n) is 5.87. The van der Waals surface area contributed by atoms with Gasteiger partial charge in [0.15, 0.2) is 0 Å². The lowest BCUT2D eigenvalue weighted by atomic mass is 9.86. The van der Waals surface area contributed by atoms with E-state index in [1.54, 1.807) is 25.3 Å². The topological polar surface area (TPSA) is 64.6 Å². The first-order valence-corrected chi connectivity index (χ1v) is 5.87. The summed E-state index contributed by atoms with van der Waals surface area (Å²) in [5.74, 6) is -0.982. The van der Waals surface area contributed by atoms with Crippen molar-refractivity contribution >= 4 is 17.6 Å². The van der Waals surface area contributed by atoms with Crippen molar-refractivity contribution in [1.82, 2.24) is 0 Å². The highest BCUT2D eigenvalue weighted by Crippen LogP contribution is 2.33. The van der Waals surface area contributed by atoms with Gasteiger partial charge in [-0.2, -0.15) is 0 Å². The maximum atomic E-state index is 11.4. The number of carbonyl (C=O) groups excluding carboxylic acids is 2. The second-order valence-electron chi connectivity index (χ2n) is 5.11. The predicted octanol–water partition coefficient (Wildman–Crippen LogP) is 2.10. The summed E-state index contributed by atoms with van der Waals surface area (Å²) in [5, 5.41) is 2.49. The van der Waals surface area contributed by atoms with Crippen LogP contribution in [0.5, 0.6) is 5.75 Å². The van der Waals surface area contributed by atoms with Gasteiger partial charge in [0.25, 0.3) is 0 Å². The molecule has 0 aliphatic rings. The van der Waals surface area contributed by atoms with Crippen LogP contribution in [-0.2, 0) is 19.7 Å². The Kier molecular flexibility index (Phi) is 4.53. The number of amides is 1. The lowest BCUT2D eigenvalue weighted by molar-refractivity contribution is -0.150. The fourth-order valence-corrected chi connectivity index (χ4v) is 1.65. The van der Waals surface area contributed by atoms with Gasteiger partial charge in [-0.15, -0.1) is 0 Å². The average Bonchev–Trinajstić information content (AvgIpc) is 2.36. The van der Waals surface area contributed by atoms with E-state index in [0.717, 1.165) is 18.4 Å². The van der Waals surface area contributed by atoms with Crippen molar-refractivity contribution in [3.8, 4) is 5.75 Å². The van der Waals surface area contributed by atoms with Gasteiger partial charge in [0, 0.05) is 11.3 Å². The van der Waals surface area contributed by atoms with E-state index in [0.29, 0.717) is 5.69 Å². The molecule has 0 radical (unpaired) electrons. The van der Waals surface area contributed by atoms with Gasteiger partial charge in [0.1, 0.15) is 5.75 Å². The Bertz CT molecular complexity index is 489. The lowest BCUT2D eigenvalue weighted by Crippen LogP contribution is -2.24. The van der Waals surface area contributed by atoms with E-state index in [4.69, 9.17) is 4.74 Å². The average molecular weight is 265 g/mol. The number of ether oxygens (including phenoxy) is 2.